The molecule has 7 nitrogen and oxygen atoms in total. The Morgan fingerprint density at radius 1 is 1.09 bits per heavy atom. The summed E-state index contributed by atoms with van der Waals surface area (Å²) in [5, 5.41) is 4.84. The first kappa shape index (κ1) is 23.8. The van der Waals surface area contributed by atoms with Crippen molar-refractivity contribution in [1.29, 1.82) is 0 Å². The van der Waals surface area contributed by atoms with Gasteiger partial charge in [0.1, 0.15) is 6.54 Å². The van der Waals surface area contributed by atoms with Gasteiger partial charge in [-0.05, 0) is 44.2 Å². The highest BCUT2D eigenvalue weighted by Gasteiger charge is 2.22. The molecule has 0 aliphatic heterocycles. The number of amides is 1. The van der Waals surface area contributed by atoms with Crippen LogP contribution in [-0.2, 0) is 14.8 Å². The van der Waals surface area contributed by atoms with E-state index < -0.39 is 22.5 Å². The number of para-hydroxylation sites is 2. The lowest BCUT2D eigenvalue weighted by molar-refractivity contribution is -0.119. The summed E-state index contributed by atoms with van der Waals surface area (Å²) in [6.07, 6.45) is 2.52. The van der Waals surface area contributed by atoms with E-state index in [4.69, 9.17) is 23.2 Å². The number of hydrogen-bond donors (Lipinski definition) is 1. The Kier molecular flexibility index (Phi) is 7.28. The van der Waals surface area contributed by atoms with Gasteiger partial charge in [0.15, 0.2) is 0 Å². The topological polar surface area (TPSA) is 83.8 Å². The minimum atomic E-state index is -3.74. The number of benzene rings is 2. The average Bonchev–Trinajstić information content (AvgIpc) is 3.00. The first-order valence-corrected chi connectivity index (χ1v) is 12.2. The van der Waals surface area contributed by atoms with Crippen molar-refractivity contribution in [2.75, 3.05) is 17.1 Å². The van der Waals surface area contributed by atoms with Gasteiger partial charge in [-0.25, -0.2) is 13.8 Å². The van der Waals surface area contributed by atoms with Gasteiger partial charge in [-0.1, -0.05) is 47.5 Å². The summed E-state index contributed by atoms with van der Waals surface area (Å²) < 4.78 is 27.3. The van der Waals surface area contributed by atoms with Gasteiger partial charge in [0.05, 0.1) is 33.9 Å². The van der Waals surface area contributed by atoms with Crippen molar-refractivity contribution in [1.82, 2.24) is 9.99 Å². The molecule has 3 aromatic rings. The van der Waals surface area contributed by atoms with Gasteiger partial charge in [-0.15, -0.1) is 0 Å². The number of rotatable bonds is 7. The number of carbonyl (C=O) groups excluding carboxylic acids is 1. The maximum atomic E-state index is 12.4. The van der Waals surface area contributed by atoms with Crippen LogP contribution in [0, 0.1) is 13.8 Å². The Labute approximate surface area is 197 Å². The molecule has 0 radical (unpaired) electrons. The maximum absolute atomic E-state index is 12.4. The van der Waals surface area contributed by atoms with Crippen LogP contribution in [0.5, 0.6) is 0 Å². The van der Waals surface area contributed by atoms with Crippen LogP contribution in [0.4, 0.5) is 5.69 Å². The summed E-state index contributed by atoms with van der Waals surface area (Å²) >= 11 is 12.4. The van der Waals surface area contributed by atoms with Crippen molar-refractivity contribution in [2.45, 2.75) is 13.8 Å². The molecule has 0 fully saturated rings. The number of nitrogens with one attached hydrogen (secondary N) is 1. The second-order valence-corrected chi connectivity index (χ2v) is 9.85. The third-order valence-corrected chi connectivity index (χ3v) is 6.53. The molecule has 0 aliphatic carbocycles. The minimum absolute atomic E-state index is 0.221. The van der Waals surface area contributed by atoms with Gasteiger partial charge in [0, 0.05) is 17.0 Å². The van der Waals surface area contributed by atoms with Crippen LogP contribution in [0.15, 0.2) is 59.7 Å². The van der Waals surface area contributed by atoms with E-state index in [1.54, 1.807) is 18.2 Å². The van der Waals surface area contributed by atoms with Crippen LogP contribution in [-0.4, -0.2) is 37.9 Å². The molecule has 0 unspecified atom stereocenters. The summed E-state index contributed by atoms with van der Waals surface area (Å²) in [6.45, 7) is 3.40. The highest BCUT2D eigenvalue weighted by Crippen LogP contribution is 2.27. The number of halogens is 2. The second kappa shape index (κ2) is 9.77. The van der Waals surface area contributed by atoms with Crippen LogP contribution in [0.1, 0.15) is 17.0 Å². The first-order valence-electron chi connectivity index (χ1n) is 9.57. The Bertz CT molecular complexity index is 1290. The molecule has 1 N–H and O–H groups in total. The molecule has 1 aromatic heterocycles. The van der Waals surface area contributed by atoms with Gasteiger partial charge >= 0.3 is 0 Å². The zero-order chi connectivity index (χ0) is 23.5. The first-order chi connectivity index (χ1) is 15.1. The van der Waals surface area contributed by atoms with Gasteiger partial charge in [0.25, 0.3) is 5.91 Å². The molecular formula is C22H22Cl2N4O3S. The lowest BCUT2D eigenvalue weighted by atomic mass is 10.2. The summed E-state index contributed by atoms with van der Waals surface area (Å²) in [7, 11) is -3.74. The predicted octanol–water partition coefficient (Wildman–Crippen LogP) is 4.32. The summed E-state index contributed by atoms with van der Waals surface area (Å²) in [6, 6.07) is 15.8. The third kappa shape index (κ3) is 5.32. The van der Waals surface area contributed by atoms with Crippen LogP contribution in [0.25, 0.3) is 5.69 Å². The second-order valence-electron chi connectivity index (χ2n) is 7.13. The molecule has 10 heteroatoms. The number of carbonyl (C=O) groups is 1. The van der Waals surface area contributed by atoms with E-state index in [0.717, 1.165) is 33.2 Å². The highest BCUT2D eigenvalue weighted by molar-refractivity contribution is 7.92. The summed E-state index contributed by atoms with van der Waals surface area (Å²) in [5.74, 6) is -0.605. The van der Waals surface area contributed by atoms with Gasteiger partial charge in [-0.2, -0.15) is 5.10 Å². The van der Waals surface area contributed by atoms with E-state index in [1.165, 1.54) is 12.3 Å². The number of anilines is 1. The number of aromatic nitrogens is 1. The van der Waals surface area contributed by atoms with E-state index >= 15 is 0 Å². The lowest BCUT2D eigenvalue weighted by Crippen LogP contribution is -2.39. The fraction of sp³-hybridized carbons (Fsp3) is 0.182. The van der Waals surface area contributed by atoms with E-state index in [0.29, 0.717) is 5.02 Å². The molecular weight excluding hydrogens is 471 g/mol. The summed E-state index contributed by atoms with van der Waals surface area (Å²) in [5.41, 5.74) is 6.07. The molecule has 168 valence electrons. The van der Waals surface area contributed by atoms with Crippen LogP contribution < -0.4 is 9.73 Å². The van der Waals surface area contributed by atoms with Crippen molar-refractivity contribution in [3.8, 4) is 5.69 Å². The van der Waals surface area contributed by atoms with Gasteiger partial charge < -0.3 is 4.57 Å². The molecule has 2 aromatic carbocycles. The molecule has 1 heterocycles. The third-order valence-electron chi connectivity index (χ3n) is 4.77. The van der Waals surface area contributed by atoms with Crippen molar-refractivity contribution in [2.24, 2.45) is 5.10 Å². The van der Waals surface area contributed by atoms with Crippen LogP contribution >= 0.6 is 23.2 Å². The molecule has 32 heavy (non-hydrogen) atoms. The average molecular weight is 493 g/mol. The molecule has 0 saturated carbocycles. The van der Waals surface area contributed by atoms with Crippen LogP contribution in [0.2, 0.25) is 10.0 Å². The fourth-order valence-corrected chi connectivity index (χ4v) is 4.67. The largest absolute Gasteiger partial charge is 0.316 e. The number of sulfonamides is 1. The van der Waals surface area contributed by atoms with Crippen molar-refractivity contribution in [3.05, 3.63) is 81.6 Å². The molecule has 0 spiro atoms. The predicted molar refractivity (Wildman–Crippen MR) is 130 cm³/mol. The number of hydrazone groups is 1. The quantitative estimate of drug-likeness (QED) is 0.393. The Hall–Kier alpha value is -2.81. The monoisotopic (exact) mass is 492 g/mol. The van der Waals surface area contributed by atoms with Crippen molar-refractivity contribution >= 4 is 51.0 Å². The SMILES string of the molecule is Cc1cc(/C=N/NC(=O)CN(c2ccccc2Cl)S(C)(=O)=O)c(C)n1-c1ccccc1Cl. The van der Waals surface area contributed by atoms with Gasteiger partial charge in [0.2, 0.25) is 10.0 Å². The number of nitrogens with zero attached hydrogens (tertiary/aromatic N) is 3. The Balaban J connectivity index is 1.76. The molecule has 1 amide bonds. The number of hydrogen-bond acceptors (Lipinski definition) is 4. The van der Waals surface area contributed by atoms with E-state index in [-0.39, 0.29) is 10.7 Å². The van der Waals surface area contributed by atoms with E-state index in [9.17, 15) is 13.2 Å². The summed E-state index contributed by atoms with van der Waals surface area (Å²) in [4.78, 5) is 12.4. The standard InChI is InChI=1S/C22H22Cl2N4O3S/c1-15-12-17(16(2)28(15)21-11-7-5-9-19(21)24)13-25-26-22(29)14-27(32(3,30)31)20-10-6-4-8-18(20)23/h4-13H,14H2,1-3H3,(H,26,29)/b25-13+. The van der Waals surface area contributed by atoms with Crippen molar-refractivity contribution in [3.63, 3.8) is 0 Å². The molecule has 0 aliphatic rings. The molecule has 0 saturated heterocycles. The van der Waals surface area contributed by atoms with Crippen LogP contribution in [0.3, 0.4) is 0 Å². The zero-order valence-electron chi connectivity index (χ0n) is 17.7. The zero-order valence-corrected chi connectivity index (χ0v) is 20.0. The van der Waals surface area contributed by atoms with E-state index in [2.05, 4.69) is 10.5 Å². The lowest BCUT2D eigenvalue weighted by Gasteiger charge is -2.22. The highest BCUT2D eigenvalue weighted by atomic mass is 35.5. The maximum Gasteiger partial charge on any atom is 0.260 e. The van der Waals surface area contributed by atoms with E-state index in [1.807, 2.05) is 48.7 Å². The fourth-order valence-electron chi connectivity index (χ4n) is 3.30. The minimum Gasteiger partial charge on any atom is -0.316 e. The normalized spacial score (nSPS) is 11.7. The van der Waals surface area contributed by atoms with Gasteiger partial charge in [-0.3, -0.25) is 9.10 Å². The molecule has 3 rings (SSSR count). The molecule has 0 atom stereocenters. The Morgan fingerprint density at radius 3 is 2.34 bits per heavy atom. The number of aryl methyl sites for hydroxylation is 1. The molecule has 0 bridgehead atoms. The smallest absolute Gasteiger partial charge is 0.260 e. The van der Waals surface area contributed by atoms with Crippen molar-refractivity contribution < 1.29 is 13.2 Å². The Morgan fingerprint density at radius 2 is 1.72 bits per heavy atom.